The molecule has 3 heterocycles. The molecule has 4 heteroatoms. The number of morpholine rings is 1. The Morgan fingerprint density at radius 3 is 2.73 bits per heavy atom. The van der Waals surface area contributed by atoms with Crippen LogP contribution in [0.25, 0.3) is 0 Å². The second-order valence-electron chi connectivity index (χ2n) is 7.31. The second-order valence-corrected chi connectivity index (χ2v) is 7.31. The minimum Gasteiger partial charge on any atom is -0.372 e. The number of hydrogen-bond donors (Lipinski definition) is 0. The highest BCUT2D eigenvalue weighted by atomic mass is 16.5. The lowest BCUT2D eigenvalue weighted by molar-refractivity contribution is -0.137. The molecule has 120 valence electrons. The number of nitrogens with zero attached hydrogens (tertiary/aromatic N) is 3. The van der Waals surface area contributed by atoms with Crippen LogP contribution in [-0.4, -0.2) is 59.7 Å². The molecule has 1 saturated carbocycles. The Kier molecular flexibility index (Phi) is 4.16. The minimum absolute atomic E-state index is 0.104. The Bertz CT molecular complexity index is 480. The van der Waals surface area contributed by atoms with Gasteiger partial charge in [-0.2, -0.15) is 0 Å². The zero-order valence-electron chi connectivity index (χ0n) is 13.4. The van der Waals surface area contributed by atoms with Gasteiger partial charge in [0, 0.05) is 45.5 Å². The smallest absolute Gasteiger partial charge is 0.0833 e. The number of ether oxygens (including phenoxy) is 1. The summed E-state index contributed by atoms with van der Waals surface area (Å²) in [6.07, 6.45) is 7.19. The first-order valence-corrected chi connectivity index (χ1v) is 8.80. The van der Waals surface area contributed by atoms with E-state index in [1.54, 1.807) is 0 Å². The fourth-order valence-corrected chi connectivity index (χ4v) is 3.89. The van der Waals surface area contributed by atoms with E-state index >= 15 is 0 Å². The summed E-state index contributed by atoms with van der Waals surface area (Å²) in [5.41, 5.74) is 1.28. The first kappa shape index (κ1) is 14.6. The van der Waals surface area contributed by atoms with Gasteiger partial charge in [-0.1, -0.05) is 6.07 Å². The molecule has 4 nitrogen and oxygen atoms in total. The molecular formula is C18H27N3O. The van der Waals surface area contributed by atoms with Crippen LogP contribution in [-0.2, 0) is 11.3 Å². The fraction of sp³-hybridized carbons (Fsp3) is 0.722. The predicted molar refractivity (Wildman–Crippen MR) is 86.6 cm³/mol. The third kappa shape index (κ3) is 3.50. The van der Waals surface area contributed by atoms with Gasteiger partial charge < -0.3 is 9.64 Å². The number of piperidine rings is 1. The maximum absolute atomic E-state index is 6.25. The molecule has 4 rings (SSSR count). The molecule has 1 spiro atoms. The first-order valence-electron chi connectivity index (χ1n) is 8.80. The lowest BCUT2D eigenvalue weighted by atomic mass is 9.89. The van der Waals surface area contributed by atoms with E-state index in [9.17, 15) is 0 Å². The summed E-state index contributed by atoms with van der Waals surface area (Å²) in [5.74, 6) is 1.00. The van der Waals surface area contributed by atoms with E-state index in [1.165, 1.54) is 51.0 Å². The summed E-state index contributed by atoms with van der Waals surface area (Å²) < 4.78 is 6.25. The van der Waals surface area contributed by atoms with Crippen LogP contribution in [0, 0.1) is 5.92 Å². The molecular weight excluding hydrogens is 274 g/mol. The van der Waals surface area contributed by atoms with Gasteiger partial charge in [0.2, 0.25) is 0 Å². The van der Waals surface area contributed by atoms with Gasteiger partial charge in [-0.3, -0.25) is 9.88 Å². The lowest BCUT2D eigenvalue weighted by Gasteiger charge is -2.47. The highest BCUT2D eigenvalue weighted by Crippen LogP contribution is 2.34. The topological polar surface area (TPSA) is 28.6 Å². The van der Waals surface area contributed by atoms with Gasteiger partial charge in [-0.25, -0.2) is 0 Å². The molecule has 2 saturated heterocycles. The molecule has 1 aromatic heterocycles. The highest BCUT2D eigenvalue weighted by Gasteiger charge is 2.40. The van der Waals surface area contributed by atoms with E-state index in [0.717, 1.165) is 32.2 Å². The Hall–Kier alpha value is -0.970. The molecule has 2 aliphatic heterocycles. The van der Waals surface area contributed by atoms with Gasteiger partial charge in [0.1, 0.15) is 0 Å². The molecule has 3 fully saturated rings. The van der Waals surface area contributed by atoms with Crippen molar-refractivity contribution in [1.29, 1.82) is 0 Å². The zero-order valence-corrected chi connectivity index (χ0v) is 13.4. The van der Waals surface area contributed by atoms with Gasteiger partial charge in [0.05, 0.1) is 17.9 Å². The number of hydrogen-bond acceptors (Lipinski definition) is 4. The monoisotopic (exact) mass is 301 g/mol. The van der Waals surface area contributed by atoms with Crippen molar-refractivity contribution in [2.75, 3.05) is 39.3 Å². The van der Waals surface area contributed by atoms with Crippen molar-refractivity contribution in [3.63, 3.8) is 0 Å². The number of aromatic nitrogens is 1. The molecule has 0 amide bonds. The lowest BCUT2D eigenvalue weighted by Crippen LogP contribution is -2.56. The normalized spacial score (nSPS) is 26.4. The quantitative estimate of drug-likeness (QED) is 0.852. The summed E-state index contributed by atoms with van der Waals surface area (Å²) in [4.78, 5) is 9.65. The van der Waals surface area contributed by atoms with Crippen LogP contribution in [0.2, 0.25) is 0 Å². The van der Waals surface area contributed by atoms with Crippen LogP contribution < -0.4 is 0 Å². The Morgan fingerprint density at radius 1 is 1.14 bits per heavy atom. The van der Waals surface area contributed by atoms with Crippen molar-refractivity contribution in [3.8, 4) is 0 Å². The van der Waals surface area contributed by atoms with Crippen molar-refractivity contribution in [1.82, 2.24) is 14.8 Å². The SMILES string of the molecule is c1ccc(CN2CCOC3(CCN(CC4CC4)CC3)C2)nc1. The van der Waals surface area contributed by atoms with Crippen LogP contribution in [0.3, 0.4) is 0 Å². The van der Waals surface area contributed by atoms with Crippen molar-refractivity contribution in [2.24, 2.45) is 5.92 Å². The maximum Gasteiger partial charge on any atom is 0.0833 e. The van der Waals surface area contributed by atoms with E-state index in [0.29, 0.717) is 0 Å². The summed E-state index contributed by atoms with van der Waals surface area (Å²) >= 11 is 0. The van der Waals surface area contributed by atoms with Crippen molar-refractivity contribution in [2.45, 2.75) is 37.8 Å². The summed E-state index contributed by atoms with van der Waals surface area (Å²) in [5, 5.41) is 0. The van der Waals surface area contributed by atoms with E-state index in [4.69, 9.17) is 4.74 Å². The van der Waals surface area contributed by atoms with E-state index < -0.39 is 0 Å². The van der Waals surface area contributed by atoms with Gasteiger partial charge in [0.15, 0.2) is 0 Å². The average molecular weight is 301 g/mol. The van der Waals surface area contributed by atoms with Crippen LogP contribution in [0.4, 0.5) is 0 Å². The molecule has 0 N–H and O–H groups in total. The predicted octanol–water partition coefficient (Wildman–Crippen LogP) is 2.16. The Balaban J connectivity index is 1.32. The summed E-state index contributed by atoms with van der Waals surface area (Å²) in [7, 11) is 0. The number of likely N-dealkylation sites (tertiary alicyclic amines) is 1. The standard InChI is InChI=1S/C18H27N3O/c1-2-8-19-17(3-1)14-21-11-12-22-18(15-21)6-9-20(10-7-18)13-16-4-5-16/h1-3,8,16H,4-7,9-15H2. The third-order valence-electron chi connectivity index (χ3n) is 5.42. The molecule has 0 unspecified atom stereocenters. The van der Waals surface area contributed by atoms with Crippen LogP contribution in [0.1, 0.15) is 31.4 Å². The van der Waals surface area contributed by atoms with Crippen LogP contribution in [0.5, 0.6) is 0 Å². The summed E-state index contributed by atoms with van der Waals surface area (Å²) in [6, 6.07) is 6.19. The molecule has 0 radical (unpaired) electrons. The van der Waals surface area contributed by atoms with Crippen molar-refractivity contribution >= 4 is 0 Å². The van der Waals surface area contributed by atoms with E-state index in [-0.39, 0.29) is 5.60 Å². The maximum atomic E-state index is 6.25. The Morgan fingerprint density at radius 2 is 2.00 bits per heavy atom. The van der Waals surface area contributed by atoms with Crippen LogP contribution in [0.15, 0.2) is 24.4 Å². The molecule has 1 aliphatic carbocycles. The average Bonchev–Trinajstić information content (AvgIpc) is 3.35. The van der Waals surface area contributed by atoms with E-state index in [1.807, 2.05) is 12.3 Å². The molecule has 22 heavy (non-hydrogen) atoms. The van der Waals surface area contributed by atoms with Gasteiger partial charge in [0.25, 0.3) is 0 Å². The van der Waals surface area contributed by atoms with E-state index in [2.05, 4.69) is 26.9 Å². The van der Waals surface area contributed by atoms with Crippen molar-refractivity contribution in [3.05, 3.63) is 30.1 Å². The minimum atomic E-state index is 0.104. The molecule has 0 bridgehead atoms. The molecule has 0 aromatic carbocycles. The largest absolute Gasteiger partial charge is 0.372 e. The Labute approximate surface area is 133 Å². The fourth-order valence-electron chi connectivity index (χ4n) is 3.89. The zero-order chi connectivity index (χ0) is 14.8. The van der Waals surface area contributed by atoms with Crippen LogP contribution >= 0.6 is 0 Å². The molecule has 0 atom stereocenters. The number of pyridine rings is 1. The van der Waals surface area contributed by atoms with Gasteiger partial charge >= 0.3 is 0 Å². The molecule has 3 aliphatic rings. The third-order valence-corrected chi connectivity index (χ3v) is 5.42. The summed E-state index contributed by atoms with van der Waals surface area (Å²) in [6.45, 7) is 7.69. The molecule has 1 aromatic rings. The highest BCUT2D eigenvalue weighted by molar-refractivity contribution is 5.04. The van der Waals surface area contributed by atoms with Gasteiger partial charge in [-0.15, -0.1) is 0 Å². The van der Waals surface area contributed by atoms with Gasteiger partial charge in [-0.05, 0) is 43.7 Å². The first-order chi connectivity index (χ1) is 10.8. The number of rotatable bonds is 4. The second kappa shape index (κ2) is 6.26. The van der Waals surface area contributed by atoms with Crippen molar-refractivity contribution < 1.29 is 4.74 Å².